The van der Waals surface area contributed by atoms with Crippen molar-refractivity contribution < 1.29 is 13.2 Å². The minimum Gasteiger partial charge on any atom is -0.330 e. The van der Waals surface area contributed by atoms with Crippen LogP contribution in [0.15, 0.2) is 0 Å². The normalized spacial score (nSPS) is 26.8. The zero-order chi connectivity index (χ0) is 10.8. The Balaban J connectivity index is 2.35. The maximum atomic E-state index is 12.1. The van der Waals surface area contributed by atoms with Crippen LogP contribution >= 0.6 is 0 Å². The van der Waals surface area contributed by atoms with E-state index in [9.17, 15) is 13.2 Å². The monoisotopic (exact) mass is 210 g/mol. The van der Waals surface area contributed by atoms with Crippen molar-refractivity contribution in [3.05, 3.63) is 0 Å². The summed E-state index contributed by atoms with van der Waals surface area (Å²) in [4.78, 5) is 1.88. The van der Waals surface area contributed by atoms with Gasteiger partial charge in [-0.1, -0.05) is 0 Å². The van der Waals surface area contributed by atoms with Crippen molar-refractivity contribution in [2.24, 2.45) is 11.7 Å². The van der Waals surface area contributed by atoms with Crippen molar-refractivity contribution in [1.82, 2.24) is 4.90 Å². The smallest absolute Gasteiger partial charge is 0.330 e. The molecule has 2 atom stereocenters. The van der Waals surface area contributed by atoms with Crippen LogP contribution < -0.4 is 5.73 Å². The van der Waals surface area contributed by atoms with Gasteiger partial charge in [0.05, 0.1) is 6.42 Å². The molecule has 0 aromatic rings. The van der Waals surface area contributed by atoms with Gasteiger partial charge < -0.3 is 5.73 Å². The Morgan fingerprint density at radius 2 is 2.14 bits per heavy atom. The molecule has 2 unspecified atom stereocenters. The number of rotatable bonds is 3. The molecule has 0 spiro atoms. The third-order valence-corrected chi connectivity index (χ3v) is 2.80. The minimum atomic E-state index is -4.06. The highest BCUT2D eigenvalue weighted by Gasteiger charge is 2.34. The minimum absolute atomic E-state index is 0.380. The Morgan fingerprint density at radius 1 is 1.50 bits per heavy atom. The molecule has 0 aliphatic carbocycles. The molecule has 1 heterocycles. The average Bonchev–Trinajstić information content (AvgIpc) is 2.48. The lowest BCUT2D eigenvalue weighted by Crippen LogP contribution is -2.35. The molecule has 0 aromatic carbocycles. The van der Waals surface area contributed by atoms with Crippen LogP contribution in [0.3, 0.4) is 0 Å². The third-order valence-electron chi connectivity index (χ3n) is 2.80. The zero-order valence-electron chi connectivity index (χ0n) is 8.35. The van der Waals surface area contributed by atoms with Crippen LogP contribution in [0.2, 0.25) is 0 Å². The average molecular weight is 210 g/mol. The quantitative estimate of drug-likeness (QED) is 0.766. The molecule has 1 aliphatic rings. The summed E-state index contributed by atoms with van der Waals surface area (Å²) < 4.78 is 36.3. The topological polar surface area (TPSA) is 29.3 Å². The summed E-state index contributed by atoms with van der Waals surface area (Å²) in [7, 11) is 0. The van der Waals surface area contributed by atoms with Gasteiger partial charge >= 0.3 is 6.18 Å². The molecule has 1 fully saturated rings. The van der Waals surface area contributed by atoms with Gasteiger partial charge in [-0.2, -0.15) is 13.2 Å². The SMILES string of the molecule is CC(CC(F)(F)F)N1CCC(CN)C1. The van der Waals surface area contributed by atoms with Crippen molar-refractivity contribution in [2.45, 2.75) is 32.0 Å². The predicted molar refractivity (Wildman–Crippen MR) is 48.9 cm³/mol. The summed E-state index contributed by atoms with van der Waals surface area (Å²) in [6, 6.07) is -0.411. The van der Waals surface area contributed by atoms with E-state index in [4.69, 9.17) is 5.73 Å². The van der Waals surface area contributed by atoms with E-state index in [2.05, 4.69) is 0 Å². The number of halogens is 3. The molecule has 0 radical (unpaired) electrons. The highest BCUT2D eigenvalue weighted by molar-refractivity contribution is 4.80. The molecule has 1 aliphatic heterocycles. The standard InChI is InChI=1S/C9H17F3N2/c1-7(4-9(10,11)12)14-3-2-8(5-13)6-14/h7-8H,2-6,13H2,1H3. The van der Waals surface area contributed by atoms with Gasteiger partial charge in [-0.05, 0) is 32.4 Å². The predicted octanol–water partition coefficient (Wildman–Crippen LogP) is 1.61. The van der Waals surface area contributed by atoms with Crippen molar-refractivity contribution >= 4 is 0 Å². The molecule has 0 bridgehead atoms. The van der Waals surface area contributed by atoms with Crippen LogP contribution in [-0.2, 0) is 0 Å². The van der Waals surface area contributed by atoms with Gasteiger partial charge in [0, 0.05) is 12.6 Å². The molecule has 1 rings (SSSR count). The molecule has 1 saturated heterocycles. The molecule has 5 heteroatoms. The maximum absolute atomic E-state index is 12.1. The maximum Gasteiger partial charge on any atom is 0.390 e. The fourth-order valence-corrected chi connectivity index (χ4v) is 1.92. The molecular weight excluding hydrogens is 193 g/mol. The van der Waals surface area contributed by atoms with Crippen LogP contribution in [0.25, 0.3) is 0 Å². The highest BCUT2D eigenvalue weighted by atomic mass is 19.4. The van der Waals surface area contributed by atoms with Crippen molar-refractivity contribution in [2.75, 3.05) is 19.6 Å². The Kier molecular flexibility index (Phi) is 3.78. The van der Waals surface area contributed by atoms with Gasteiger partial charge in [-0.3, -0.25) is 4.90 Å². The molecule has 0 amide bonds. The van der Waals surface area contributed by atoms with Gasteiger partial charge in [-0.25, -0.2) is 0 Å². The lowest BCUT2D eigenvalue weighted by atomic mass is 10.1. The molecular formula is C9H17F3N2. The lowest BCUT2D eigenvalue weighted by molar-refractivity contribution is -0.145. The van der Waals surface area contributed by atoms with E-state index in [1.165, 1.54) is 0 Å². The first-order valence-corrected chi connectivity index (χ1v) is 4.93. The van der Waals surface area contributed by atoms with Crippen molar-refractivity contribution in [3.8, 4) is 0 Å². The molecule has 0 saturated carbocycles. The molecule has 2 nitrogen and oxygen atoms in total. The highest BCUT2D eigenvalue weighted by Crippen LogP contribution is 2.26. The first-order valence-electron chi connectivity index (χ1n) is 4.93. The number of hydrogen-bond donors (Lipinski definition) is 1. The Labute approximate surface area is 82.2 Å². The fourth-order valence-electron chi connectivity index (χ4n) is 1.92. The van der Waals surface area contributed by atoms with E-state index in [0.717, 1.165) is 13.0 Å². The number of likely N-dealkylation sites (tertiary alicyclic amines) is 1. The lowest BCUT2D eigenvalue weighted by Gasteiger charge is -2.25. The summed E-state index contributed by atoms with van der Waals surface area (Å²) >= 11 is 0. The summed E-state index contributed by atoms with van der Waals surface area (Å²) in [5.74, 6) is 0.380. The molecule has 2 N–H and O–H groups in total. The molecule has 14 heavy (non-hydrogen) atoms. The van der Waals surface area contributed by atoms with E-state index >= 15 is 0 Å². The summed E-state index contributed by atoms with van der Waals surface area (Å²) in [6.45, 7) is 3.68. The fraction of sp³-hybridized carbons (Fsp3) is 1.00. The number of nitrogens with two attached hydrogens (primary N) is 1. The van der Waals surface area contributed by atoms with Gasteiger partial charge in [0.15, 0.2) is 0 Å². The van der Waals surface area contributed by atoms with Crippen LogP contribution in [0, 0.1) is 5.92 Å². The van der Waals surface area contributed by atoms with Crippen LogP contribution in [0.4, 0.5) is 13.2 Å². The number of nitrogens with zero attached hydrogens (tertiary/aromatic N) is 1. The second-order valence-corrected chi connectivity index (χ2v) is 4.05. The summed E-state index contributed by atoms with van der Waals surface area (Å²) in [5.41, 5.74) is 5.47. The number of alkyl halides is 3. The van der Waals surface area contributed by atoms with Gasteiger partial charge in [-0.15, -0.1) is 0 Å². The first-order chi connectivity index (χ1) is 6.42. The van der Waals surface area contributed by atoms with E-state index in [1.807, 2.05) is 4.90 Å². The van der Waals surface area contributed by atoms with Crippen LogP contribution in [-0.4, -0.2) is 36.8 Å². The van der Waals surface area contributed by atoms with Crippen molar-refractivity contribution in [1.29, 1.82) is 0 Å². The van der Waals surface area contributed by atoms with Crippen LogP contribution in [0.5, 0.6) is 0 Å². The molecule has 0 aromatic heterocycles. The summed E-state index contributed by atoms with van der Waals surface area (Å²) in [5, 5.41) is 0. The van der Waals surface area contributed by atoms with E-state index in [0.29, 0.717) is 19.0 Å². The Bertz CT molecular complexity index is 181. The molecule has 84 valence electrons. The largest absolute Gasteiger partial charge is 0.390 e. The van der Waals surface area contributed by atoms with E-state index in [1.54, 1.807) is 6.92 Å². The van der Waals surface area contributed by atoms with E-state index in [-0.39, 0.29) is 0 Å². The second kappa shape index (κ2) is 4.49. The van der Waals surface area contributed by atoms with E-state index < -0.39 is 18.6 Å². The van der Waals surface area contributed by atoms with Gasteiger partial charge in [0.2, 0.25) is 0 Å². The summed E-state index contributed by atoms with van der Waals surface area (Å²) in [6.07, 6.45) is -3.84. The third kappa shape index (κ3) is 3.46. The van der Waals surface area contributed by atoms with Crippen LogP contribution in [0.1, 0.15) is 19.8 Å². The second-order valence-electron chi connectivity index (χ2n) is 4.05. The zero-order valence-corrected chi connectivity index (χ0v) is 8.35. The number of hydrogen-bond acceptors (Lipinski definition) is 2. The Hall–Kier alpha value is -0.290. The van der Waals surface area contributed by atoms with Gasteiger partial charge in [0.25, 0.3) is 0 Å². The Morgan fingerprint density at radius 3 is 2.57 bits per heavy atom. The van der Waals surface area contributed by atoms with Crippen molar-refractivity contribution in [3.63, 3.8) is 0 Å². The first kappa shape index (κ1) is 11.8. The van der Waals surface area contributed by atoms with Gasteiger partial charge in [0.1, 0.15) is 0 Å².